The molecule has 0 amide bonds. The smallest absolute Gasteiger partial charge is 0.0895 e. The van der Waals surface area contributed by atoms with Gasteiger partial charge in [0.15, 0.2) is 0 Å². The van der Waals surface area contributed by atoms with Crippen LogP contribution in [0.3, 0.4) is 0 Å². The van der Waals surface area contributed by atoms with Gasteiger partial charge < -0.3 is 15.6 Å². The number of halogens is 2. The van der Waals surface area contributed by atoms with E-state index in [1.54, 1.807) is 0 Å². The summed E-state index contributed by atoms with van der Waals surface area (Å²) in [6.45, 7) is 0.870. The molecule has 5 heteroatoms. The first-order valence-electron chi connectivity index (χ1n) is 4.53. The topological polar surface area (TPSA) is 55.5 Å². The highest BCUT2D eigenvalue weighted by atomic mass is 79.9. The van der Waals surface area contributed by atoms with Crippen molar-refractivity contribution in [3.05, 3.63) is 33.3 Å². The van der Waals surface area contributed by atoms with E-state index in [1.165, 1.54) is 0 Å². The Hall–Kier alpha value is -0.130. The van der Waals surface area contributed by atoms with Crippen LogP contribution >= 0.6 is 27.5 Å². The predicted molar refractivity (Wildman–Crippen MR) is 63.9 cm³/mol. The molecule has 15 heavy (non-hydrogen) atoms. The summed E-state index contributed by atoms with van der Waals surface area (Å²) in [6.07, 6.45) is -0.601. The second-order valence-corrected chi connectivity index (χ2v) is 4.41. The first-order valence-corrected chi connectivity index (χ1v) is 5.70. The van der Waals surface area contributed by atoms with Crippen molar-refractivity contribution in [2.45, 2.75) is 12.7 Å². The normalized spacial score (nSPS) is 12.8. The largest absolute Gasteiger partial charge is 0.389 e. The van der Waals surface area contributed by atoms with E-state index in [0.29, 0.717) is 11.6 Å². The number of ether oxygens (including phenoxy) is 1. The quantitative estimate of drug-likeness (QED) is 0.872. The molecule has 0 aliphatic heterocycles. The molecule has 0 aromatic heterocycles. The lowest BCUT2D eigenvalue weighted by molar-refractivity contribution is 0.0329. The standard InChI is InChI=1S/C10H13BrClNO2/c11-9-2-1-7(3-10(9)12)5-15-6-8(14)4-13/h1-3,8,14H,4-6,13H2/t8-/m0/s1. The van der Waals surface area contributed by atoms with Crippen LogP contribution in [-0.2, 0) is 11.3 Å². The second-order valence-electron chi connectivity index (χ2n) is 3.15. The van der Waals surface area contributed by atoms with Crippen LogP contribution in [0.5, 0.6) is 0 Å². The summed E-state index contributed by atoms with van der Waals surface area (Å²) >= 11 is 9.21. The Bertz CT molecular complexity index is 322. The van der Waals surface area contributed by atoms with Crippen LogP contribution in [-0.4, -0.2) is 24.4 Å². The van der Waals surface area contributed by atoms with Gasteiger partial charge in [-0.2, -0.15) is 0 Å². The van der Waals surface area contributed by atoms with Gasteiger partial charge in [0.1, 0.15) is 0 Å². The molecule has 0 aliphatic rings. The maximum Gasteiger partial charge on any atom is 0.0895 e. The van der Waals surface area contributed by atoms with Crippen molar-refractivity contribution in [1.29, 1.82) is 0 Å². The van der Waals surface area contributed by atoms with Crippen LogP contribution in [0.1, 0.15) is 5.56 Å². The Labute approximate surface area is 102 Å². The molecule has 0 saturated heterocycles. The number of rotatable bonds is 5. The van der Waals surface area contributed by atoms with Crippen molar-refractivity contribution >= 4 is 27.5 Å². The van der Waals surface area contributed by atoms with Gasteiger partial charge in [-0.25, -0.2) is 0 Å². The summed E-state index contributed by atoms with van der Waals surface area (Å²) in [4.78, 5) is 0. The van der Waals surface area contributed by atoms with E-state index in [-0.39, 0.29) is 13.2 Å². The Balaban J connectivity index is 2.41. The molecule has 0 aliphatic carbocycles. The molecule has 1 atom stereocenters. The molecule has 0 fully saturated rings. The molecule has 0 unspecified atom stereocenters. The zero-order chi connectivity index (χ0) is 11.3. The fourth-order valence-electron chi connectivity index (χ4n) is 1.01. The third-order valence-corrected chi connectivity index (χ3v) is 3.07. The van der Waals surface area contributed by atoms with Gasteiger partial charge in [0.25, 0.3) is 0 Å². The van der Waals surface area contributed by atoms with E-state index >= 15 is 0 Å². The van der Waals surface area contributed by atoms with E-state index in [2.05, 4.69) is 15.9 Å². The van der Waals surface area contributed by atoms with Crippen LogP contribution in [0.25, 0.3) is 0 Å². The third kappa shape index (κ3) is 4.49. The second kappa shape index (κ2) is 6.45. The molecule has 3 N–H and O–H groups in total. The fourth-order valence-corrected chi connectivity index (χ4v) is 1.46. The van der Waals surface area contributed by atoms with Crippen molar-refractivity contribution in [3.8, 4) is 0 Å². The van der Waals surface area contributed by atoms with Crippen LogP contribution in [0.15, 0.2) is 22.7 Å². The highest BCUT2D eigenvalue weighted by Gasteiger charge is 2.02. The molecule has 1 rings (SSSR count). The molecule has 0 bridgehead atoms. The average Bonchev–Trinajstić information content (AvgIpc) is 2.23. The van der Waals surface area contributed by atoms with Gasteiger partial charge >= 0.3 is 0 Å². The van der Waals surface area contributed by atoms with E-state index in [1.807, 2.05) is 18.2 Å². The Morgan fingerprint density at radius 2 is 2.27 bits per heavy atom. The van der Waals surface area contributed by atoms with Gasteiger partial charge in [-0.05, 0) is 33.6 Å². The lowest BCUT2D eigenvalue weighted by atomic mass is 10.2. The maximum absolute atomic E-state index is 9.15. The number of aliphatic hydroxyl groups is 1. The van der Waals surface area contributed by atoms with Gasteiger partial charge in [-0.15, -0.1) is 0 Å². The molecule has 0 spiro atoms. The summed E-state index contributed by atoms with van der Waals surface area (Å²) in [5.74, 6) is 0. The van der Waals surface area contributed by atoms with Gasteiger partial charge in [0.2, 0.25) is 0 Å². The third-order valence-electron chi connectivity index (χ3n) is 1.84. The number of nitrogens with two attached hydrogens (primary N) is 1. The zero-order valence-electron chi connectivity index (χ0n) is 8.12. The van der Waals surface area contributed by atoms with Crippen LogP contribution in [0, 0.1) is 0 Å². The maximum atomic E-state index is 9.15. The molecule has 84 valence electrons. The van der Waals surface area contributed by atoms with Gasteiger partial charge in [0.05, 0.1) is 24.3 Å². The molecular formula is C10H13BrClNO2. The van der Waals surface area contributed by atoms with Crippen LogP contribution < -0.4 is 5.73 Å². The zero-order valence-corrected chi connectivity index (χ0v) is 10.5. The number of hydrogen-bond donors (Lipinski definition) is 2. The monoisotopic (exact) mass is 293 g/mol. The molecule has 3 nitrogen and oxygen atoms in total. The molecule has 0 radical (unpaired) electrons. The molecule has 1 aromatic rings. The van der Waals surface area contributed by atoms with E-state index < -0.39 is 6.10 Å². The Kier molecular flexibility index (Phi) is 5.56. The van der Waals surface area contributed by atoms with E-state index in [4.69, 9.17) is 27.2 Å². The summed E-state index contributed by atoms with van der Waals surface area (Å²) in [5, 5.41) is 9.80. The Morgan fingerprint density at radius 3 is 2.87 bits per heavy atom. The van der Waals surface area contributed by atoms with Crippen LogP contribution in [0.2, 0.25) is 5.02 Å². The van der Waals surface area contributed by atoms with Crippen molar-refractivity contribution in [1.82, 2.24) is 0 Å². The predicted octanol–water partition coefficient (Wildman–Crippen LogP) is 1.94. The molecule has 0 saturated carbocycles. The molecule has 0 heterocycles. The van der Waals surface area contributed by atoms with Crippen LogP contribution in [0.4, 0.5) is 0 Å². The van der Waals surface area contributed by atoms with Gasteiger partial charge in [0, 0.05) is 11.0 Å². The van der Waals surface area contributed by atoms with E-state index in [9.17, 15) is 0 Å². The summed E-state index contributed by atoms with van der Waals surface area (Å²) in [7, 11) is 0. The Morgan fingerprint density at radius 1 is 1.53 bits per heavy atom. The number of aliphatic hydroxyl groups excluding tert-OH is 1. The summed E-state index contributed by atoms with van der Waals surface area (Å²) < 4.78 is 6.12. The number of benzene rings is 1. The molecule has 1 aromatic carbocycles. The minimum atomic E-state index is -0.601. The van der Waals surface area contributed by atoms with Gasteiger partial charge in [-0.3, -0.25) is 0 Å². The summed E-state index contributed by atoms with van der Waals surface area (Å²) in [5.41, 5.74) is 6.20. The van der Waals surface area contributed by atoms with E-state index in [0.717, 1.165) is 10.0 Å². The van der Waals surface area contributed by atoms with Crippen molar-refractivity contribution in [2.75, 3.05) is 13.2 Å². The van der Waals surface area contributed by atoms with Crippen molar-refractivity contribution in [3.63, 3.8) is 0 Å². The average molecular weight is 295 g/mol. The summed E-state index contributed by atoms with van der Waals surface area (Å²) in [6, 6.07) is 5.59. The highest BCUT2D eigenvalue weighted by molar-refractivity contribution is 9.10. The lowest BCUT2D eigenvalue weighted by Crippen LogP contribution is -2.24. The van der Waals surface area contributed by atoms with Crippen molar-refractivity contribution < 1.29 is 9.84 Å². The minimum Gasteiger partial charge on any atom is -0.389 e. The van der Waals surface area contributed by atoms with Crippen molar-refractivity contribution in [2.24, 2.45) is 5.73 Å². The number of hydrogen-bond acceptors (Lipinski definition) is 3. The highest BCUT2D eigenvalue weighted by Crippen LogP contribution is 2.23. The first kappa shape index (κ1) is 12.9. The fraction of sp³-hybridized carbons (Fsp3) is 0.400. The van der Waals surface area contributed by atoms with Gasteiger partial charge in [-0.1, -0.05) is 17.7 Å². The lowest BCUT2D eigenvalue weighted by Gasteiger charge is -2.09. The first-order chi connectivity index (χ1) is 7.13. The SMILES string of the molecule is NC[C@H](O)COCc1ccc(Br)c(Cl)c1. The molecular weight excluding hydrogens is 281 g/mol. The minimum absolute atomic E-state index is 0.209.